The van der Waals surface area contributed by atoms with Crippen molar-refractivity contribution in [3.05, 3.63) is 78.4 Å². The van der Waals surface area contributed by atoms with E-state index in [4.69, 9.17) is 19.2 Å². The minimum atomic E-state index is -0.736. The van der Waals surface area contributed by atoms with Crippen molar-refractivity contribution in [3.8, 4) is 17.7 Å². The highest BCUT2D eigenvalue weighted by Crippen LogP contribution is 2.23. The number of benzene rings is 1. The van der Waals surface area contributed by atoms with Crippen molar-refractivity contribution >= 4 is 11.9 Å². The molecule has 0 aliphatic rings. The van der Waals surface area contributed by atoms with Gasteiger partial charge in [-0.05, 0) is 36.4 Å². The maximum atomic E-state index is 12.5. The molecule has 0 radical (unpaired) electrons. The molecule has 0 N–H and O–H groups in total. The number of aromatic nitrogens is 1. The standard InChI is InChI=1S/C22H19N3O5/c23-11-6-13-25(15-18-9-5-14-28-18)20(26)16-29-22(27)19-10-4-12-24-21(19)30-17-7-2-1-3-8-17/h1-5,7-10,12,14H,6,13,15-16H2. The zero-order chi connectivity index (χ0) is 21.2. The quantitative estimate of drug-likeness (QED) is 0.501. The summed E-state index contributed by atoms with van der Waals surface area (Å²) in [6.45, 7) is -0.103. The predicted octanol–water partition coefficient (Wildman–Crippen LogP) is 3.57. The SMILES string of the molecule is N#CCCN(Cc1ccco1)C(=O)COC(=O)c1cccnc1Oc1ccccc1. The van der Waals surface area contributed by atoms with Crippen LogP contribution in [0.25, 0.3) is 0 Å². The largest absolute Gasteiger partial charge is 0.467 e. The average Bonchev–Trinajstić information content (AvgIpc) is 3.29. The third kappa shape index (κ3) is 5.69. The summed E-state index contributed by atoms with van der Waals surface area (Å²) in [6.07, 6.45) is 3.14. The molecule has 1 amide bonds. The Kier molecular flexibility index (Phi) is 7.17. The lowest BCUT2D eigenvalue weighted by atomic mass is 10.2. The van der Waals surface area contributed by atoms with Gasteiger partial charge in [-0.15, -0.1) is 0 Å². The molecule has 30 heavy (non-hydrogen) atoms. The van der Waals surface area contributed by atoms with Crippen LogP contribution in [0.4, 0.5) is 0 Å². The zero-order valence-electron chi connectivity index (χ0n) is 16.1. The highest BCUT2D eigenvalue weighted by atomic mass is 16.5. The van der Waals surface area contributed by atoms with Gasteiger partial charge < -0.3 is 18.8 Å². The number of ether oxygens (including phenoxy) is 2. The van der Waals surface area contributed by atoms with Crippen LogP contribution in [-0.4, -0.2) is 34.9 Å². The molecule has 0 spiro atoms. The Morgan fingerprint density at radius 3 is 2.67 bits per heavy atom. The molecule has 0 atom stereocenters. The van der Waals surface area contributed by atoms with Gasteiger partial charge in [0.2, 0.25) is 5.88 Å². The molecular weight excluding hydrogens is 386 g/mol. The molecular formula is C22H19N3O5. The van der Waals surface area contributed by atoms with Gasteiger partial charge >= 0.3 is 5.97 Å². The molecule has 0 aliphatic heterocycles. The van der Waals surface area contributed by atoms with Crippen LogP contribution < -0.4 is 4.74 Å². The topological polar surface area (TPSA) is 106 Å². The van der Waals surface area contributed by atoms with Crippen LogP contribution >= 0.6 is 0 Å². The minimum absolute atomic E-state index is 0.0815. The molecule has 8 heteroatoms. The number of amides is 1. The van der Waals surface area contributed by atoms with E-state index in [9.17, 15) is 9.59 Å². The van der Waals surface area contributed by atoms with Crippen molar-refractivity contribution in [2.24, 2.45) is 0 Å². The summed E-state index contributed by atoms with van der Waals surface area (Å²) < 4.78 is 16.1. The van der Waals surface area contributed by atoms with Gasteiger partial charge in [0.25, 0.3) is 5.91 Å². The van der Waals surface area contributed by atoms with E-state index in [1.54, 1.807) is 42.5 Å². The van der Waals surface area contributed by atoms with Gasteiger partial charge in [0.15, 0.2) is 6.61 Å². The molecule has 8 nitrogen and oxygen atoms in total. The number of carbonyl (C=O) groups excluding carboxylic acids is 2. The fourth-order valence-corrected chi connectivity index (χ4v) is 2.59. The molecule has 0 unspecified atom stereocenters. The first kappa shape index (κ1) is 20.6. The van der Waals surface area contributed by atoms with Crippen LogP contribution in [-0.2, 0) is 16.1 Å². The lowest BCUT2D eigenvalue weighted by molar-refractivity contribution is -0.135. The second-order valence-electron chi connectivity index (χ2n) is 6.15. The normalized spacial score (nSPS) is 10.1. The zero-order valence-corrected chi connectivity index (χ0v) is 16.1. The van der Waals surface area contributed by atoms with Crippen molar-refractivity contribution < 1.29 is 23.5 Å². The van der Waals surface area contributed by atoms with Gasteiger partial charge in [-0.1, -0.05) is 18.2 Å². The Morgan fingerprint density at radius 2 is 1.93 bits per heavy atom. The molecule has 2 aromatic heterocycles. The number of nitrogens with zero attached hydrogens (tertiary/aromatic N) is 3. The summed E-state index contributed by atoms with van der Waals surface area (Å²) in [5, 5.41) is 8.82. The first-order chi connectivity index (χ1) is 14.7. The van der Waals surface area contributed by atoms with Crippen LogP contribution in [0, 0.1) is 11.3 Å². The van der Waals surface area contributed by atoms with Crippen molar-refractivity contribution in [3.63, 3.8) is 0 Å². The number of hydrogen-bond acceptors (Lipinski definition) is 7. The number of para-hydroxylation sites is 1. The van der Waals surface area contributed by atoms with Gasteiger partial charge in [-0.2, -0.15) is 5.26 Å². The number of rotatable bonds is 9. The molecule has 0 aliphatic carbocycles. The van der Waals surface area contributed by atoms with Crippen molar-refractivity contribution in [1.29, 1.82) is 5.26 Å². The monoisotopic (exact) mass is 405 g/mol. The number of esters is 1. The molecule has 2 heterocycles. The second-order valence-corrected chi connectivity index (χ2v) is 6.15. The molecule has 1 aromatic carbocycles. The van der Waals surface area contributed by atoms with Gasteiger partial charge in [-0.3, -0.25) is 4.79 Å². The lowest BCUT2D eigenvalue weighted by Gasteiger charge is -2.20. The third-order valence-corrected chi connectivity index (χ3v) is 4.05. The highest BCUT2D eigenvalue weighted by Gasteiger charge is 2.20. The van der Waals surface area contributed by atoms with Gasteiger partial charge in [0, 0.05) is 12.7 Å². The molecule has 0 fully saturated rings. The Hall–Kier alpha value is -4.12. The minimum Gasteiger partial charge on any atom is -0.467 e. The molecule has 152 valence electrons. The fourth-order valence-electron chi connectivity index (χ4n) is 2.59. The summed E-state index contributed by atoms with van der Waals surface area (Å²) >= 11 is 0. The summed E-state index contributed by atoms with van der Waals surface area (Å²) in [6, 6.07) is 17.4. The lowest BCUT2D eigenvalue weighted by Crippen LogP contribution is -2.35. The summed E-state index contributed by atoms with van der Waals surface area (Å²) in [5.74, 6) is -0.0102. The van der Waals surface area contributed by atoms with E-state index in [1.165, 1.54) is 23.4 Å². The molecule has 0 saturated heterocycles. The van der Waals surface area contributed by atoms with Crippen molar-refractivity contribution in [2.45, 2.75) is 13.0 Å². The molecule has 0 bridgehead atoms. The van der Waals surface area contributed by atoms with E-state index in [-0.39, 0.29) is 31.0 Å². The number of furan rings is 1. The van der Waals surface area contributed by atoms with Crippen LogP contribution in [0.3, 0.4) is 0 Å². The maximum absolute atomic E-state index is 12.5. The van der Waals surface area contributed by atoms with E-state index in [1.807, 2.05) is 12.1 Å². The summed E-state index contributed by atoms with van der Waals surface area (Å²) in [4.78, 5) is 30.6. The fraction of sp³-hybridized carbons (Fsp3) is 0.182. The van der Waals surface area contributed by atoms with E-state index in [2.05, 4.69) is 4.98 Å². The van der Waals surface area contributed by atoms with Gasteiger partial charge in [-0.25, -0.2) is 9.78 Å². The van der Waals surface area contributed by atoms with Crippen molar-refractivity contribution in [1.82, 2.24) is 9.88 Å². The Morgan fingerprint density at radius 1 is 1.10 bits per heavy atom. The molecule has 3 aromatic rings. The smallest absolute Gasteiger partial charge is 0.344 e. The van der Waals surface area contributed by atoms with E-state index < -0.39 is 18.5 Å². The Balaban J connectivity index is 1.64. The maximum Gasteiger partial charge on any atom is 0.344 e. The van der Waals surface area contributed by atoms with Crippen LogP contribution in [0.5, 0.6) is 11.6 Å². The number of nitriles is 1. The third-order valence-electron chi connectivity index (χ3n) is 4.05. The number of carbonyl (C=O) groups is 2. The van der Waals surface area contributed by atoms with Crippen LogP contribution in [0.15, 0.2) is 71.5 Å². The van der Waals surface area contributed by atoms with Crippen LogP contribution in [0.1, 0.15) is 22.5 Å². The second kappa shape index (κ2) is 10.4. The van der Waals surface area contributed by atoms with Gasteiger partial charge in [0.1, 0.15) is 17.1 Å². The van der Waals surface area contributed by atoms with Crippen molar-refractivity contribution in [2.75, 3.05) is 13.2 Å². The average molecular weight is 405 g/mol. The number of hydrogen-bond donors (Lipinski definition) is 0. The van der Waals surface area contributed by atoms with E-state index in [0.29, 0.717) is 11.5 Å². The first-order valence-corrected chi connectivity index (χ1v) is 9.19. The Labute approximate surface area is 173 Å². The summed E-state index contributed by atoms with van der Waals surface area (Å²) in [7, 11) is 0. The Bertz CT molecular complexity index is 1010. The van der Waals surface area contributed by atoms with E-state index >= 15 is 0 Å². The van der Waals surface area contributed by atoms with E-state index in [0.717, 1.165) is 0 Å². The number of pyridine rings is 1. The summed E-state index contributed by atoms with van der Waals surface area (Å²) in [5.41, 5.74) is 0.101. The molecule has 0 saturated carbocycles. The first-order valence-electron chi connectivity index (χ1n) is 9.19. The predicted molar refractivity (Wildman–Crippen MR) is 105 cm³/mol. The van der Waals surface area contributed by atoms with Crippen LogP contribution in [0.2, 0.25) is 0 Å². The highest BCUT2D eigenvalue weighted by molar-refractivity contribution is 5.93. The molecule has 3 rings (SSSR count). The van der Waals surface area contributed by atoms with Gasteiger partial charge in [0.05, 0.1) is 25.3 Å².